The molecule has 0 saturated carbocycles. The van der Waals surface area contributed by atoms with Crippen molar-refractivity contribution in [2.75, 3.05) is 11.1 Å². The molecule has 0 spiro atoms. The van der Waals surface area contributed by atoms with Crippen LogP contribution in [0, 0.1) is 6.92 Å². The second kappa shape index (κ2) is 8.93. The van der Waals surface area contributed by atoms with Crippen LogP contribution in [0.5, 0.6) is 5.75 Å². The molecule has 0 fully saturated rings. The van der Waals surface area contributed by atoms with Crippen molar-refractivity contribution in [2.24, 2.45) is 0 Å². The zero-order chi connectivity index (χ0) is 21.8. The maximum Gasteiger partial charge on any atom is 0.290 e. The minimum absolute atomic E-state index is 0.102. The number of fused-ring (bicyclic) bond motifs is 1. The molecule has 2 aromatic carbocycles. The summed E-state index contributed by atoms with van der Waals surface area (Å²) in [5.74, 6) is 0.503. The zero-order valence-electron chi connectivity index (χ0n) is 15.7. The standard InChI is InChI=1S/C20H16N2O3S2.CH2O2/c1-10-13(16-8-11-3-2-4-15(23)18(11)25-16)9-27-20(10)22-19(24)12-5-6-17(26)14(21)7-12;2-1-3/h2-9,23,26H,21H2,1H3,(H,22,24);1H,(H,2,3). The van der Waals surface area contributed by atoms with Crippen molar-refractivity contribution in [1.29, 1.82) is 0 Å². The maximum atomic E-state index is 12.5. The molecular weight excluding hydrogens is 424 g/mol. The zero-order valence-corrected chi connectivity index (χ0v) is 17.5. The van der Waals surface area contributed by atoms with Gasteiger partial charge in [-0.05, 0) is 42.8 Å². The number of thiol groups is 1. The van der Waals surface area contributed by atoms with E-state index in [1.54, 1.807) is 30.3 Å². The van der Waals surface area contributed by atoms with Gasteiger partial charge in [0.25, 0.3) is 12.4 Å². The molecule has 154 valence electrons. The summed E-state index contributed by atoms with van der Waals surface area (Å²) in [7, 11) is 0. The molecule has 0 unspecified atom stereocenters. The molecule has 0 bridgehead atoms. The van der Waals surface area contributed by atoms with E-state index < -0.39 is 0 Å². The third-order valence-corrected chi connectivity index (χ3v) is 5.75. The Bertz CT molecular complexity index is 1230. The summed E-state index contributed by atoms with van der Waals surface area (Å²) >= 11 is 5.63. The lowest BCUT2D eigenvalue weighted by atomic mass is 10.1. The van der Waals surface area contributed by atoms with Crippen LogP contribution in [0.15, 0.2) is 57.2 Å². The number of nitrogen functional groups attached to an aromatic ring is 1. The SMILES string of the molecule is Cc1c(-c2cc3cccc(O)c3o2)csc1NC(=O)c1ccc(S)c(N)c1.O=CO. The number of nitrogens with two attached hydrogens (primary N) is 1. The predicted molar refractivity (Wildman–Crippen MR) is 121 cm³/mol. The van der Waals surface area contributed by atoms with Crippen LogP contribution in [0.2, 0.25) is 0 Å². The van der Waals surface area contributed by atoms with E-state index in [4.69, 9.17) is 20.1 Å². The van der Waals surface area contributed by atoms with Crippen molar-refractivity contribution in [2.45, 2.75) is 11.8 Å². The monoisotopic (exact) mass is 442 g/mol. The summed E-state index contributed by atoms with van der Waals surface area (Å²) < 4.78 is 5.82. The molecule has 1 amide bonds. The van der Waals surface area contributed by atoms with Gasteiger partial charge in [-0.15, -0.1) is 24.0 Å². The fourth-order valence-corrected chi connectivity index (χ4v) is 3.94. The highest BCUT2D eigenvalue weighted by Crippen LogP contribution is 2.39. The lowest BCUT2D eigenvalue weighted by Gasteiger charge is -2.06. The minimum Gasteiger partial charge on any atom is -0.504 e. The Morgan fingerprint density at radius 1 is 1.27 bits per heavy atom. The Kier molecular flexibility index (Phi) is 6.34. The number of carbonyl (C=O) groups excluding carboxylic acids is 1. The van der Waals surface area contributed by atoms with E-state index in [1.165, 1.54) is 11.3 Å². The summed E-state index contributed by atoms with van der Waals surface area (Å²) in [5, 5.41) is 23.2. The van der Waals surface area contributed by atoms with Crippen LogP contribution in [-0.2, 0) is 4.79 Å². The molecule has 0 aliphatic carbocycles. The number of nitrogens with one attached hydrogen (secondary N) is 1. The topological polar surface area (TPSA) is 126 Å². The molecule has 5 N–H and O–H groups in total. The van der Waals surface area contributed by atoms with Crippen LogP contribution < -0.4 is 11.1 Å². The molecule has 2 heterocycles. The summed E-state index contributed by atoms with van der Waals surface area (Å²) in [4.78, 5) is 21.5. The molecule has 4 aromatic rings. The molecule has 2 aromatic heterocycles. The number of carbonyl (C=O) groups is 2. The first kappa shape index (κ1) is 21.3. The minimum atomic E-state index is -0.250. The molecule has 0 radical (unpaired) electrons. The number of hydrogen-bond donors (Lipinski definition) is 5. The van der Waals surface area contributed by atoms with Gasteiger partial charge in [-0.25, -0.2) is 0 Å². The normalized spacial score (nSPS) is 10.3. The van der Waals surface area contributed by atoms with Gasteiger partial charge < -0.3 is 25.7 Å². The predicted octanol–water partition coefficient (Wildman–Crippen LogP) is 5.00. The molecule has 7 nitrogen and oxygen atoms in total. The van der Waals surface area contributed by atoms with Gasteiger partial charge in [-0.1, -0.05) is 12.1 Å². The van der Waals surface area contributed by atoms with Crippen molar-refractivity contribution in [1.82, 2.24) is 0 Å². The van der Waals surface area contributed by atoms with Gasteiger partial charge in [0.1, 0.15) is 5.76 Å². The van der Waals surface area contributed by atoms with Crippen molar-refractivity contribution >= 4 is 58.0 Å². The summed E-state index contributed by atoms with van der Waals surface area (Å²) in [5.41, 5.74) is 8.96. The number of phenolic OH excluding ortho intramolecular Hbond substituents is 1. The molecule has 4 rings (SSSR count). The average molecular weight is 443 g/mol. The van der Waals surface area contributed by atoms with Crippen LogP contribution in [0.4, 0.5) is 10.7 Å². The number of rotatable bonds is 3. The van der Waals surface area contributed by atoms with E-state index in [0.717, 1.165) is 21.5 Å². The van der Waals surface area contributed by atoms with Gasteiger partial charge >= 0.3 is 0 Å². The Morgan fingerprint density at radius 2 is 2.00 bits per heavy atom. The van der Waals surface area contributed by atoms with Crippen LogP contribution in [0.1, 0.15) is 15.9 Å². The van der Waals surface area contributed by atoms with E-state index >= 15 is 0 Å². The number of benzene rings is 2. The van der Waals surface area contributed by atoms with E-state index in [2.05, 4.69) is 17.9 Å². The molecule has 9 heteroatoms. The lowest BCUT2D eigenvalue weighted by Crippen LogP contribution is -2.12. The van der Waals surface area contributed by atoms with Crippen LogP contribution >= 0.6 is 24.0 Å². The molecule has 0 atom stereocenters. The summed E-state index contributed by atoms with van der Waals surface area (Å²) in [6.45, 7) is 1.67. The number of para-hydroxylation sites is 1. The van der Waals surface area contributed by atoms with Crippen molar-refractivity contribution in [3.8, 4) is 17.1 Å². The van der Waals surface area contributed by atoms with Gasteiger partial charge in [0, 0.05) is 32.5 Å². The number of hydrogen-bond acceptors (Lipinski definition) is 7. The largest absolute Gasteiger partial charge is 0.504 e. The third-order valence-electron chi connectivity index (χ3n) is 4.34. The number of carboxylic acid groups (broad SMARTS) is 1. The van der Waals surface area contributed by atoms with E-state index in [1.807, 2.05) is 24.4 Å². The lowest BCUT2D eigenvalue weighted by molar-refractivity contribution is -0.122. The Labute approximate surface area is 181 Å². The Morgan fingerprint density at radius 3 is 2.67 bits per heavy atom. The van der Waals surface area contributed by atoms with Crippen molar-refractivity contribution < 1.29 is 24.2 Å². The highest BCUT2D eigenvalue weighted by atomic mass is 32.1. The van der Waals surface area contributed by atoms with Crippen molar-refractivity contribution in [3.05, 3.63) is 59.0 Å². The molecular formula is C21H18N2O5S2. The van der Waals surface area contributed by atoms with Crippen LogP contribution in [-0.4, -0.2) is 22.6 Å². The van der Waals surface area contributed by atoms with Gasteiger partial charge in [-0.2, -0.15) is 0 Å². The van der Waals surface area contributed by atoms with E-state index in [0.29, 0.717) is 27.5 Å². The van der Waals surface area contributed by atoms with Crippen LogP contribution in [0.3, 0.4) is 0 Å². The molecule has 0 aliphatic rings. The van der Waals surface area contributed by atoms with Gasteiger partial charge in [0.15, 0.2) is 11.3 Å². The molecule has 30 heavy (non-hydrogen) atoms. The number of aromatic hydroxyl groups is 1. The second-order valence-corrected chi connectivity index (χ2v) is 7.60. The first-order chi connectivity index (χ1) is 14.3. The van der Waals surface area contributed by atoms with Gasteiger partial charge in [0.05, 0.1) is 5.00 Å². The molecule has 0 saturated heterocycles. The smallest absolute Gasteiger partial charge is 0.290 e. The second-order valence-electron chi connectivity index (χ2n) is 6.24. The summed E-state index contributed by atoms with van der Waals surface area (Å²) in [6.07, 6.45) is 0. The van der Waals surface area contributed by atoms with E-state index in [-0.39, 0.29) is 18.1 Å². The highest BCUT2D eigenvalue weighted by molar-refractivity contribution is 7.80. The number of furan rings is 1. The quantitative estimate of drug-likeness (QED) is 0.173. The van der Waals surface area contributed by atoms with Gasteiger partial charge in [0.2, 0.25) is 0 Å². The van der Waals surface area contributed by atoms with Crippen LogP contribution in [0.25, 0.3) is 22.3 Å². The number of thiophene rings is 1. The number of amides is 1. The fraction of sp³-hybridized carbons (Fsp3) is 0.0476. The number of phenols is 1. The first-order valence-corrected chi connectivity index (χ1v) is 9.96. The maximum absolute atomic E-state index is 12.5. The highest BCUT2D eigenvalue weighted by Gasteiger charge is 2.17. The van der Waals surface area contributed by atoms with Crippen molar-refractivity contribution in [3.63, 3.8) is 0 Å². The molecule has 0 aliphatic heterocycles. The average Bonchev–Trinajstić information content (AvgIpc) is 3.29. The van der Waals surface area contributed by atoms with Gasteiger partial charge in [-0.3, -0.25) is 9.59 Å². The summed E-state index contributed by atoms with van der Waals surface area (Å²) in [6, 6.07) is 12.1. The third kappa shape index (κ3) is 4.27. The fourth-order valence-electron chi connectivity index (χ4n) is 2.83. The Hall–Kier alpha value is -3.43. The Balaban J connectivity index is 0.000000806. The van der Waals surface area contributed by atoms with E-state index in [9.17, 15) is 9.90 Å². The first-order valence-electron chi connectivity index (χ1n) is 8.63. The number of anilines is 2.